The lowest BCUT2D eigenvalue weighted by Crippen LogP contribution is -2.19. The molecule has 0 spiro atoms. The van der Waals surface area contributed by atoms with E-state index in [2.05, 4.69) is 71.5 Å². The topological polar surface area (TPSA) is 24.4 Å². The molecule has 0 aromatic heterocycles. The molecule has 0 atom stereocenters. The molecule has 0 bridgehead atoms. The molecular weight excluding hydrogens is 292 g/mol. The van der Waals surface area contributed by atoms with Crippen LogP contribution in [-0.4, -0.2) is 18.9 Å². The molecule has 2 aromatic carbocycles. The van der Waals surface area contributed by atoms with Crippen LogP contribution in [0.4, 0.5) is 0 Å². The molecule has 0 amide bonds. The number of halogens is 1. The summed E-state index contributed by atoms with van der Waals surface area (Å²) in [7, 11) is 0. The van der Waals surface area contributed by atoms with Crippen molar-refractivity contribution in [3.63, 3.8) is 0 Å². The van der Waals surface area contributed by atoms with E-state index >= 15 is 0 Å². The van der Waals surface area contributed by atoms with Crippen molar-refractivity contribution in [2.45, 2.75) is 13.3 Å². The molecule has 3 heteroatoms. The molecule has 2 aromatic rings. The van der Waals surface area contributed by atoms with Gasteiger partial charge in [-0.05, 0) is 30.2 Å². The van der Waals surface area contributed by atoms with Gasteiger partial charge in [0.15, 0.2) is 0 Å². The van der Waals surface area contributed by atoms with Crippen LogP contribution in [0.1, 0.15) is 29.2 Å². The van der Waals surface area contributed by atoms with E-state index < -0.39 is 0 Å². The Bertz CT molecular complexity index is 721. The van der Waals surface area contributed by atoms with Crippen molar-refractivity contribution in [1.29, 1.82) is 0 Å². The first-order valence-corrected chi connectivity index (χ1v) is 7.35. The molecule has 0 saturated carbocycles. The van der Waals surface area contributed by atoms with Gasteiger partial charge in [-0.3, -0.25) is 4.99 Å². The van der Waals surface area contributed by atoms with Crippen LogP contribution in [0.2, 0.25) is 0 Å². The molecule has 1 aliphatic heterocycles. The van der Waals surface area contributed by atoms with Crippen LogP contribution in [0.5, 0.6) is 0 Å². The van der Waals surface area contributed by atoms with Crippen LogP contribution in [0, 0.1) is 11.8 Å². The second-order valence-electron chi connectivity index (χ2n) is 5.00. The number of amidine groups is 1. The van der Waals surface area contributed by atoms with Gasteiger partial charge in [0, 0.05) is 23.2 Å². The Morgan fingerprint density at radius 1 is 1.05 bits per heavy atom. The molecular formula is C19H19ClN2. The van der Waals surface area contributed by atoms with E-state index in [1.807, 2.05) is 6.07 Å². The Labute approximate surface area is 138 Å². The van der Waals surface area contributed by atoms with Crippen molar-refractivity contribution >= 4 is 18.2 Å². The van der Waals surface area contributed by atoms with E-state index in [1.165, 1.54) is 5.56 Å². The monoisotopic (exact) mass is 310 g/mol. The van der Waals surface area contributed by atoms with E-state index in [9.17, 15) is 0 Å². The van der Waals surface area contributed by atoms with Crippen molar-refractivity contribution in [3.05, 3.63) is 70.8 Å². The van der Waals surface area contributed by atoms with Crippen molar-refractivity contribution in [1.82, 2.24) is 5.32 Å². The van der Waals surface area contributed by atoms with Crippen LogP contribution in [0.15, 0.2) is 53.5 Å². The van der Waals surface area contributed by atoms with Gasteiger partial charge in [-0.2, -0.15) is 0 Å². The molecule has 112 valence electrons. The second kappa shape index (κ2) is 7.68. The molecule has 0 fully saturated rings. The number of benzene rings is 2. The van der Waals surface area contributed by atoms with E-state index in [1.54, 1.807) is 0 Å². The first-order valence-electron chi connectivity index (χ1n) is 7.35. The molecule has 22 heavy (non-hydrogen) atoms. The van der Waals surface area contributed by atoms with Gasteiger partial charge in [0.05, 0.1) is 6.54 Å². The highest BCUT2D eigenvalue weighted by Gasteiger charge is 2.06. The smallest absolute Gasteiger partial charge is 0.128 e. The summed E-state index contributed by atoms with van der Waals surface area (Å²) in [6.07, 6.45) is 1.01. The van der Waals surface area contributed by atoms with E-state index in [4.69, 9.17) is 0 Å². The number of hydrogen-bond acceptors (Lipinski definition) is 2. The minimum Gasteiger partial charge on any atom is -0.368 e. The lowest BCUT2D eigenvalue weighted by atomic mass is 10.1. The fourth-order valence-electron chi connectivity index (χ4n) is 2.39. The van der Waals surface area contributed by atoms with Crippen LogP contribution in [0.3, 0.4) is 0 Å². The van der Waals surface area contributed by atoms with Gasteiger partial charge >= 0.3 is 0 Å². The maximum atomic E-state index is 4.42. The Morgan fingerprint density at radius 3 is 2.50 bits per heavy atom. The number of nitrogens with one attached hydrogen (secondary N) is 1. The van der Waals surface area contributed by atoms with Gasteiger partial charge in [-0.15, -0.1) is 12.4 Å². The quantitative estimate of drug-likeness (QED) is 0.845. The van der Waals surface area contributed by atoms with Gasteiger partial charge in [0.25, 0.3) is 0 Å². The average Bonchev–Trinajstić information content (AvgIpc) is 3.08. The predicted molar refractivity (Wildman–Crippen MR) is 94.9 cm³/mol. The normalized spacial score (nSPS) is 12.5. The molecule has 1 heterocycles. The first-order chi connectivity index (χ1) is 10.4. The zero-order valence-electron chi connectivity index (χ0n) is 12.6. The number of hydrogen-bond donors (Lipinski definition) is 1. The largest absolute Gasteiger partial charge is 0.368 e. The van der Waals surface area contributed by atoms with Crippen LogP contribution >= 0.6 is 12.4 Å². The summed E-state index contributed by atoms with van der Waals surface area (Å²) in [5, 5.41) is 3.28. The molecule has 0 aliphatic carbocycles. The zero-order chi connectivity index (χ0) is 14.5. The SMILES string of the molecule is CCc1ccccc1C#Cc1ccc(C2=NCCN2)cc1.Cl. The third-order valence-electron chi connectivity index (χ3n) is 3.57. The van der Waals surface area contributed by atoms with Crippen molar-refractivity contribution in [2.24, 2.45) is 4.99 Å². The van der Waals surface area contributed by atoms with E-state index in [-0.39, 0.29) is 12.4 Å². The van der Waals surface area contributed by atoms with Crippen LogP contribution < -0.4 is 5.32 Å². The van der Waals surface area contributed by atoms with Gasteiger partial charge in [0.2, 0.25) is 0 Å². The first kappa shape index (κ1) is 16.1. The number of nitrogens with zero attached hydrogens (tertiary/aromatic N) is 1. The molecule has 0 saturated heterocycles. The summed E-state index contributed by atoms with van der Waals surface area (Å²) < 4.78 is 0. The lowest BCUT2D eigenvalue weighted by molar-refractivity contribution is 0.960. The van der Waals surface area contributed by atoms with Gasteiger partial charge in [-0.25, -0.2) is 0 Å². The minimum absolute atomic E-state index is 0. The summed E-state index contributed by atoms with van der Waals surface area (Å²) in [5.74, 6) is 7.51. The summed E-state index contributed by atoms with van der Waals surface area (Å²) in [5.41, 5.74) is 4.58. The highest BCUT2D eigenvalue weighted by molar-refractivity contribution is 5.99. The van der Waals surface area contributed by atoms with Crippen LogP contribution in [0.25, 0.3) is 0 Å². The maximum absolute atomic E-state index is 4.42. The van der Waals surface area contributed by atoms with Crippen molar-refractivity contribution in [2.75, 3.05) is 13.1 Å². The molecule has 0 radical (unpaired) electrons. The number of aryl methyl sites for hydroxylation is 1. The second-order valence-corrected chi connectivity index (χ2v) is 5.00. The Balaban J connectivity index is 0.00000176. The zero-order valence-corrected chi connectivity index (χ0v) is 13.4. The summed E-state index contributed by atoms with van der Waals surface area (Å²) >= 11 is 0. The average molecular weight is 311 g/mol. The minimum atomic E-state index is 0. The van der Waals surface area contributed by atoms with Crippen LogP contribution in [-0.2, 0) is 6.42 Å². The van der Waals surface area contributed by atoms with Gasteiger partial charge in [-0.1, -0.05) is 49.1 Å². The lowest BCUT2D eigenvalue weighted by Gasteiger charge is -2.02. The van der Waals surface area contributed by atoms with E-state index in [0.29, 0.717) is 0 Å². The Morgan fingerprint density at radius 2 is 1.82 bits per heavy atom. The van der Waals surface area contributed by atoms with Gasteiger partial charge < -0.3 is 5.32 Å². The molecule has 3 rings (SSSR count). The van der Waals surface area contributed by atoms with Crippen molar-refractivity contribution in [3.8, 4) is 11.8 Å². The third kappa shape index (κ3) is 3.69. The highest BCUT2D eigenvalue weighted by atomic mass is 35.5. The third-order valence-corrected chi connectivity index (χ3v) is 3.57. The molecule has 0 unspecified atom stereocenters. The molecule has 1 N–H and O–H groups in total. The summed E-state index contributed by atoms with van der Waals surface area (Å²) in [6, 6.07) is 16.6. The van der Waals surface area contributed by atoms with E-state index in [0.717, 1.165) is 42.0 Å². The predicted octanol–water partition coefficient (Wildman–Crippen LogP) is 3.42. The standard InChI is InChI=1S/C19H18N2.ClH/c1-2-16-5-3-4-6-17(16)10-7-15-8-11-18(12-9-15)19-20-13-14-21-19;/h3-6,8-9,11-12H,2,13-14H2,1H3,(H,20,21);1H. The van der Waals surface area contributed by atoms with Gasteiger partial charge in [0.1, 0.15) is 5.84 Å². The fraction of sp³-hybridized carbons (Fsp3) is 0.211. The maximum Gasteiger partial charge on any atom is 0.128 e. The number of aliphatic imine (C=N–C) groups is 1. The Kier molecular flexibility index (Phi) is 5.63. The highest BCUT2D eigenvalue weighted by Crippen LogP contribution is 2.09. The Hall–Kier alpha value is -2.24. The number of rotatable bonds is 2. The van der Waals surface area contributed by atoms with Crippen molar-refractivity contribution < 1.29 is 0 Å². The molecule has 2 nitrogen and oxygen atoms in total. The summed E-state index contributed by atoms with van der Waals surface area (Å²) in [4.78, 5) is 4.42. The fourth-order valence-corrected chi connectivity index (χ4v) is 2.39. The molecule has 1 aliphatic rings. The summed E-state index contributed by atoms with van der Waals surface area (Å²) in [6.45, 7) is 3.96.